The van der Waals surface area contributed by atoms with Crippen LogP contribution in [0.15, 0.2) is 41.3 Å². The van der Waals surface area contributed by atoms with Gasteiger partial charge in [0.2, 0.25) is 0 Å². The van der Waals surface area contributed by atoms with Gasteiger partial charge in [-0.3, -0.25) is 4.79 Å². The maximum Gasteiger partial charge on any atom is 0.264 e. The molecular weight excluding hydrogens is 340 g/mol. The van der Waals surface area contributed by atoms with E-state index in [4.69, 9.17) is 11.6 Å². The molecule has 0 saturated heterocycles. The van der Waals surface area contributed by atoms with E-state index in [9.17, 15) is 13.6 Å². The first-order valence-corrected chi connectivity index (χ1v) is 8.02. The Morgan fingerprint density at radius 3 is 2.43 bits per heavy atom. The van der Waals surface area contributed by atoms with Crippen molar-refractivity contribution in [1.29, 1.82) is 0 Å². The first kappa shape index (κ1) is 17.8. The van der Waals surface area contributed by atoms with Crippen LogP contribution in [-0.4, -0.2) is 12.5 Å². The Labute approximate surface area is 144 Å². The van der Waals surface area contributed by atoms with Crippen LogP contribution in [-0.2, 0) is 0 Å². The van der Waals surface area contributed by atoms with Crippen LogP contribution in [0, 0.1) is 11.6 Å². The number of hydrogen-bond donors (Lipinski definition) is 1. The Morgan fingerprint density at radius 1 is 1.22 bits per heavy atom. The number of anilines is 1. The number of unbranched alkanes of at least 4 members (excludes halogenated alkanes) is 1. The van der Waals surface area contributed by atoms with Crippen LogP contribution < -0.4 is 4.90 Å². The van der Waals surface area contributed by atoms with Gasteiger partial charge in [0.1, 0.15) is 17.2 Å². The fourth-order valence-electron chi connectivity index (χ4n) is 2.21. The van der Waals surface area contributed by atoms with Gasteiger partial charge in [-0.25, -0.2) is 8.78 Å². The molecule has 0 aromatic heterocycles. The van der Waals surface area contributed by atoms with Crippen molar-refractivity contribution >= 4 is 35.8 Å². The van der Waals surface area contributed by atoms with E-state index in [1.54, 1.807) is 18.2 Å². The molecule has 2 aromatic rings. The summed E-state index contributed by atoms with van der Waals surface area (Å²) in [6, 6.07) is 8.18. The third-order valence-electron chi connectivity index (χ3n) is 3.39. The number of hydrogen-bond acceptors (Lipinski definition) is 2. The standard InChI is InChI=1S/C17H16ClF2NOS/c1-2-3-9-21(14-8-7-11(18)10-15(14)23)17(22)16-12(19)5-4-6-13(16)20/h4-8,10,23H,2-3,9H2,1H3. The number of nitrogens with zero attached hydrogens (tertiary/aromatic N) is 1. The first-order chi connectivity index (χ1) is 11.0. The summed E-state index contributed by atoms with van der Waals surface area (Å²) >= 11 is 10.2. The zero-order chi connectivity index (χ0) is 17.0. The molecule has 0 atom stereocenters. The number of halogens is 3. The maximum absolute atomic E-state index is 13.9. The van der Waals surface area contributed by atoms with E-state index < -0.39 is 23.1 Å². The third-order valence-corrected chi connectivity index (χ3v) is 3.98. The van der Waals surface area contributed by atoms with Gasteiger partial charge in [-0.1, -0.05) is 31.0 Å². The van der Waals surface area contributed by atoms with Gasteiger partial charge in [-0.2, -0.15) is 0 Å². The molecule has 0 radical (unpaired) electrons. The number of benzene rings is 2. The molecule has 0 fully saturated rings. The highest BCUT2D eigenvalue weighted by Crippen LogP contribution is 2.29. The SMILES string of the molecule is CCCCN(C(=O)c1c(F)cccc1F)c1ccc(Cl)cc1S. The molecule has 0 aliphatic heterocycles. The first-order valence-electron chi connectivity index (χ1n) is 7.20. The summed E-state index contributed by atoms with van der Waals surface area (Å²) in [5.74, 6) is -2.50. The van der Waals surface area contributed by atoms with Crippen molar-refractivity contribution in [1.82, 2.24) is 0 Å². The molecule has 0 bridgehead atoms. The topological polar surface area (TPSA) is 20.3 Å². The smallest absolute Gasteiger partial charge is 0.264 e. The van der Waals surface area contributed by atoms with E-state index in [2.05, 4.69) is 12.6 Å². The van der Waals surface area contributed by atoms with Crippen molar-refractivity contribution in [2.75, 3.05) is 11.4 Å². The number of rotatable bonds is 5. The molecule has 2 aromatic carbocycles. The Hall–Kier alpha value is -1.59. The second kappa shape index (κ2) is 7.79. The van der Waals surface area contributed by atoms with Crippen LogP contribution >= 0.6 is 24.2 Å². The van der Waals surface area contributed by atoms with Crippen LogP contribution in [0.25, 0.3) is 0 Å². The summed E-state index contributed by atoms with van der Waals surface area (Å²) in [6.07, 6.45) is 1.52. The highest BCUT2D eigenvalue weighted by molar-refractivity contribution is 7.80. The quantitative estimate of drug-likeness (QED) is 0.716. The van der Waals surface area contributed by atoms with E-state index in [1.165, 1.54) is 11.0 Å². The highest BCUT2D eigenvalue weighted by atomic mass is 35.5. The summed E-state index contributed by atoms with van der Waals surface area (Å²) in [5, 5.41) is 0.471. The number of carbonyl (C=O) groups is 1. The van der Waals surface area contributed by atoms with E-state index in [0.29, 0.717) is 28.6 Å². The fourth-order valence-corrected chi connectivity index (χ4v) is 2.79. The monoisotopic (exact) mass is 355 g/mol. The second-order valence-electron chi connectivity index (χ2n) is 5.04. The van der Waals surface area contributed by atoms with Crippen LogP contribution in [0.5, 0.6) is 0 Å². The molecule has 23 heavy (non-hydrogen) atoms. The molecule has 2 nitrogen and oxygen atoms in total. The van der Waals surface area contributed by atoms with Gasteiger partial charge < -0.3 is 4.90 Å². The number of thiol groups is 1. The lowest BCUT2D eigenvalue weighted by Crippen LogP contribution is -2.33. The predicted octanol–water partition coefficient (Wildman–Crippen LogP) is 5.35. The van der Waals surface area contributed by atoms with Crippen molar-refractivity contribution in [2.24, 2.45) is 0 Å². The minimum atomic E-state index is -0.883. The largest absolute Gasteiger partial charge is 0.307 e. The van der Waals surface area contributed by atoms with Crippen molar-refractivity contribution in [3.05, 3.63) is 58.6 Å². The Kier molecular flexibility index (Phi) is 6.02. The molecule has 0 aliphatic carbocycles. The van der Waals surface area contributed by atoms with Gasteiger partial charge in [-0.15, -0.1) is 12.6 Å². The number of carbonyl (C=O) groups excluding carboxylic acids is 1. The van der Waals surface area contributed by atoms with Crippen LogP contribution in [0.3, 0.4) is 0 Å². The third kappa shape index (κ3) is 4.03. The van der Waals surface area contributed by atoms with Crippen LogP contribution in [0.4, 0.5) is 14.5 Å². The van der Waals surface area contributed by atoms with E-state index >= 15 is 0 Å². The average molecular weight is 356 g/mol. The second-order valence-corrected chi connectivity index (χ2v) is 5.96. The van der Waals surface area contributed by atoms with Crippen molar-refractivity contribution in [2.45, 2.75) is 24.7 Å². The van der Waals surface area contributed by atoms with Gasteiger partial charge in [-0.05, 0) is 36.8 Å². The van der Waals surface area contributed by atoms with Crippen LogP contribution in [0.1, 0.15) is 30.1 Å². The molecule has 1 amide bonds. The fraction of sp³-hybridized carbons (Fsp3) is 0.235. The molecule has 122 valence electrons. The number of amides is 1. The normalized spacial score (nSPS) is 10.7. The Balaban J connectivity index is 2.48. The summed E-state index contributed by atoms with van der Waals surface area (Å²) in [7, 11) is 0. The molecule has 0 N–H and O–H groups in total. The summed E-state index contributed by atoms with van der Waals surface area (Å²) in [4.78, 5) is 14.5. The zero-order valence-corrected chi connectivity index (χ0v) is 14.2. The van der Waals surface area contributed by atoms with Gasteiger partial charge >= 0.3 is 0 Å². The molecule has 0 spiro atoms. The van der Waals surface area contributed by atoms with Gasteiger partial charge in [0.05, 0.1) is 5.69 Å². The average Bonchev–Trinajstić information content (AvgIpc) is 2.49. The van der Waals surface area contributed by atoms with Crippen molar-refractivity contribution in [3.8, 4) is 0 Å². The van der Waals surface area contributed by atoms with Gasteiger partial charge in [0, 0.05) is 16.5 Å². The van der Waals surface area contributed by atoms with Crippen molar-refractivity contribution < 1.29 is 13.6 Å². The zero-order valence-electron chi connectivity index (χ0n) is 12.5. The van der Waals surface area contributed by atoms with Crippen molar-refractivity contribution in [3.63, 3.8) is 0 Å². The molecular formula is C17H16ClF2NOS. The summed E-state index contributed by atoms with van der Waals surface area (Å²) in [5.41, 5.74) is -0.0925. The van der Waals surface area contributed by atoms with Crippen LogP contribution in [0.2, 0.25) is 5.02 Å². The lowest BCUT2D eigenvalue weighted by molar-refractivity contribution is 0.0978. The minimum Gasteiger partial charge on any atom is -0.307 e. The summed E-state index contributed by atoms with van der Waals surface area (Å²) in [6.45, 7) is 2.30. The molecule has 0 heterocycles. The molecule has 0 unspecified atom stereocenters. The maximum atomic E-state index is 13.9. The van der Waals surface area contributed by atoms with E-state index in [0.717, 1.165) is 18.6 Å². The molecule has 0 aliphatic rings. The molecule has 2 rings (SSSR count). The van der Waals surface area contributed by atoms with E-state index in [1.807, 2.05) is 6.92 Å². The van der Waals surface area contributed by atoms with Gasteiger partial charge in [0.25, 0.3) is 5.91 Å². The predicted molar refractivity (Wildman–Crippen MR) is 91.6 cm³/mol. The lowest BCUT2D eigenvalue weighted by Gasteiger charge is -2.24. The lowest BCUT2D eigenvalue weighted by atomic mass is 10.1. The Morgan fingerprint density at radius 2 is 1.87 bits per heavy atom. The van der Waals surface area contributed by atoms with Gasteiger partial charge in [0.15, 0.2) is 0 Å². The molecule has 0 saturated carbocycles. The minimum absolute atomic E-state index is 0.332. The highest BCUT2D eigenvalue weighted by Gasteiger charge is 2.25. The Bertz CT molecular complexity index is 703. The molecule has 6 heteroatoms. The van der Waals surface area contributed by atoms with E-state index in [-0.39, 0.29) is 0 Å². The summed E-state index contributed by atoms with van der Waals surface area (Å²) < 4.78 is 27.9.